The highest BCUT2D eigenvalue weighted by molar-refractivity contribution is 7.80. The zero-order valence-corrected chi connectivity index (χ0v) is 8.36. The molecular weight excluding hydrogens is 202 g/mol. The zero-order valence-electron chi connectivity index (χ0n) is 6.65. The average Bonchev–Trinajstić information content (AvgIpc) is 2.47. The van der Waals surface area contributed by atoms with Crippen LogP contribution in [0.1, 0.15) is 10.4 Å². The maximum atomic E-state index is 10.6. The number of carbonyl (C=O) groups is 1. The first kappa shape index (κ1) is 8.59. The Morgan fingerprint density at radius 2 is 2.23 bits per heavy atom. The molecule has 66 valence electrons. The lowest BCUT2D eigenvalue weighted by atomic mass is 10.2. The van der Waals surface area contributed by atoms with Gasteiger partial charge in [-0.25, -0.2) is 0 Å². The van der Waals surface area contributed by atoms with Crippen molar-refractivity contribution in [2.45, 2.75) is 4.90 Å². The molecule has 0 bridgehead atoms. The molecule has 0 fully saturated rings. The zero-order chi connectivity index (χ0) is 9.42. The van der Waals surface area contributed by atoms with E-state index < -0.39 is 0 Å². The second-order valence-corrected chi connectivity index (χ2v) is 4.22. The molecule has 13 heavy (non-hydrogen) atoms. The molecule has 0 aliphatic carbocycles. The van der Waals surface area contributed by atoms with Gasteiger partial charge in [0.05, 0.1) is 9.70 Å². The monoisotopic (exact) mass is 209 g/mol. The molecule has 1 heterocycles. The SMILES string of the molecule is Nc1cc2ccc(C=O)c(S)c2s1. The Bertz CT molecular complexity index is 476. The molecule has 4 heteroatoms. The Kier molecular flexibility index (Phi) is 2.01. The topological polar surface area (TPSA) is 43.1 Å². The van der Waals surface area contributed by atoms with Crippen LogP contribution >= 0.6 is 24.0 Å². The fourth-order valence-corrected chi connectivity index (χ4v) is 2.49. The Morgan fingerprint density at radius 1 is 1.46 bits per heavy atom. The molecule has 1 aromatic heterocycles. The van der Waals surface area contributed by atoms with Crippen LogP contribution in [0.25, 0.3) is 10.1 Å². The maximum Gasteiger partial charge on any atom is 0.151 e. The normalized spacial score (nSPS) is 10.5. The van der Waals surface area contributed by atoms with Gasteiger partial charge in [0.15, 0.2) is 6.29 Å². The lowest BCUT2D eigenvalue weighted by Crippen LogP contribution is -1.80. The predicted molar refractivity (Wildman–Crippen MR) is 58.9 cm³/mol. The molecule has 0 unspecified atom stereocenters. The molecular formula is C9H7NOS2. The van der Waals surface area contributed by atoms with Gasteiger partial charge in [0.2, 0.25) is 0 Å². The van der Waals surface area contributed by atoms with Crippen molar-refractivity contribution in [3.8, 4) is 0 Å². The Hall–Kier alpha value is -1.000. The van der Waals surface area contributed by atoms with E-state index in [0.717, 1.165) is 21.4 Å². The number of anilines is 1. The van der Waals surface area contributed by atoms with Gasteiger partial charge in [-0.1, -0.05) is 6.07 Å². The lowest BCUT2D eigenvalue weighted by Gasteiger charge is -1.97. The van der Waals surface area contributed by atoms with E-state index in [1.54, 1.807) is 6.07 Å². The summed E-state index contributed by atoms with van der Waals surface area (Å²) in [7, 11) is 0. The highest BCUT2D eigenvalue weighted by Gasteiger charge is 2.06. The fraction of sp³-hybridized carbons (Fsp3) is 0. The van der Waals surface area contributed by atoms with Crippen molar-refractivity contribution in [1.29, 1.82) is 0 Å². The summed E-state index contributed by atoms with van der Waals surface area (Å²) in [6.07, 6.45) is 0.803. The van der Waals surface area contributed by atoms with Crippen molar-refractivity contribution >= 4 is 45.3 Å². The number of carbonyl (C=O) groups excluding carboxylic acids is 1. The molecule has 2 N–H and O–H groups in total. The number of nitrogens with two attached hydrogens (primary N) is 1. The molecule has 2 aromatic rings. The summed E-state index contributed by atoms with van der Waals surface area (Å²) in [5.41, 5.74) is 6.26. The summed E-state index contributed by atoms with van der Waals surface area (Å²) in [6, 6.07) is 5.52. The van der Waals surface area contributed by atoms with E-state index in [1.165, 1.54) is 11.3 Å². The molecule has 0 radical (unpaired) electrons. The van der Waals surface area contributed by atoms with E-state index >= 15 is 0 Å². The molecule has 0 aliphatic heterocycles. The number of thiol groups is 1. The standard InChI is InChI=1S/C9H7NOS2/c10-7-3-5-1-2-6(4-11)8(12)9(5)13-7/h1-4,12H,10H2. The van der Waals surface area contributed by atoms with E-state index in [-0.39, 0.29) is 0 Å². The summed E-state index contributed by atoms with van der Waals surface area (Å²) >= 11 is 5.73. The fourth-order valence-electron chi connectivity index (χ4n) is 1.22. The van der Waals surface area contributed by atoms with Gasteiger partial charge in [-0.05, 0) is 17.5 Å². The molecule has 0 saturated heterocycles. The lowest BCUT2D eigenvalue weighted by molar-refractivity contribution is 0.112. The smallest absolute Gasteiger partial charge is 0.151 e. The minimum absolute atomic E-state index is 0.609. The average molecular weight is 209 g/mol. The summed E-state index contributed by atoms with van der Waals surface area (Å²) in [5, 5.41) is 1.78. The van der Waals surface area contributed by atoms with Gasteiger partial charge in [-0.3, -0.25) is 4.79 Å². The number of hydrogen-bond acceptors (Lipinski definition) is 4. The van der Waals surface area contributed by atoms with Crippen LogP contribution in [0.15, 0.2) is 23.1 Å². The molecule has 2 nitrogen and oxygen atoms in total. The number of benzene rings is 1. The van der Waals surface area contributed by atoms with Crippen LogP contribution in [0.4, 0.5) is 5.00 Å². The highest BCUT2D eigenvalue weighted by atomic mass is 32.1. The minimum atomic E-state index is 0.609. The van der Waals surface area contributed by atoms with Crippen molar-refractivity contribution < 1.29 is 4.79 Å². The quantitative estimate of drug-likeness (QED) is 0.560. The number of aldehydes is 1. The number of thiophene rings is 1. The van der Waals surface area contributed by atoms with Crippen molar-refractivity contribution in [2.75, 3.05) is 5.73 Å². The van der Waals surface area contributed by atoms with E-state index in [4.69, 9.17) is 5.73 Å². The van der Waals surface area contributed by atoms with Gasteiger partial charge in [0.25, 0.3) is 0 Å². The first-order valence-corrected chi connectivity index (χ1v) is 4.95. The second-order valence-electron chi connectivity index (χ2n) is 2.69. The van der Waals surface area contributed by atoms with Crippen LogP contribution in [-0.2, 0) is 0 Å². The third-order valence-electron chi connectivity index (χ3n) is 1.84. The van der Waals surface area contributed by atoms with Gasteiger partial charge >= 0.3 is 0 Å². The van der Waals surface area contributed by atoms with Crippen LogP contribution < -0.4 is 5.73 Å². The largest absolute Gasteiger partial charge is 0.391 e. The number of fused-ring (bicyclic) bond motifs is 1. The van der Waals surface area contributed by atoms with Crippen LogP contribution in [0.2, 0.25) is 0 Å². The van der Waals surface area contributed by atoms with Gasteiger partial charge in [-0.2, -0.15) is 0 Å². The number of nitrogen functional groups attached to an aromatic ring is 1. The summed E-state index contributed by atoms with van der Waals surface area (Å²) in [5.74, 6) is 0. The highest BCUT2D eigenvalue weighted by Crippen LogP contribution is 2.33. The molecule has 1 aromatic carbocycles. The first-order valence-electron chi connectivity index (χ1n) is 3.68. The summed E-state index contributed by atoms with van der Waals surface area (Å²) in [4.78, 5) is 11.3. The molecule has 0 amide bonds. The van der Waals surface area contributed by atoms with Gasteiger partial charge in [0, 0.05) is 10.5 Å². The van der Waals surface area contributed by atoms with Crippen molar-refractivity contribution in [3.63, 3.8) is 0 Å². The van der Waals surface area contributed by atoms with E-state index in [1.807, 2.05) is 12.1 Å². The van der Waals surface area contributed by atoms with Crippen molar-refractivity contribution in [1.82, 2.24) is 0 Å². The van der Waals surface area contributed by atoms with Crippen molar-refractivity contribution in [3.05, 3.63) is 23.8 Å². The summed E-state index contributed by atoms with van der Waals surface area (Å²) < 4.78 is 0.977. The van der Waals surface area contributed by atoms with E-state index in [0.29, 0.717) is 10.5 Å². The molecule has 0 spiro atoms. The molecule has 0 atom stereocenters. The van der Waals surface area contributed by atoms with E-state index in [2.05, 4.69) is 12.6 Å². The Balaban J connectivity index is 2.85. The van der Waals surface area contributed by atoms with Gasteiger partial charge in [-0.15, -0.1) is 24.0 Å². The van der Waals surface area contributed by atoms with Crippen molar-refractivity contribution in [2.24, 2.45) is 0 Å². The first-order chi connectivity index (χ1) is 6.22. The Labute approximate surface area is 84.8 Å². The second kappa shape index (κ2) is 3.05. The molecule has 2 rings (SSSR count). The third kappa shape index (κ3) is 1.32. The van der Waals surface area contributed by atoms with Crippen LogP contribution in [0.3, 0.4) is 0 Å². The van der Waals surface area contributed by atoms with E-state index in [9.17, 15) is 4.79 Å². The van der Waals surface area contributed by atoms with Gasteiger partial charge < -0.3 is 5.73 Å². The number of rotatable bonds is 1. The summed E-state index contributed by atoms with van der Waals surface area (Å²) in [6.45, 7) is 0. The maximum absolute atomic E-state index is 10.6. The minimum Gasteiger partial charge on any atom is -0.391 e. The molecule has 0 saturated carbocycles. The van der Waals surface area contributed by atoms with Crippen LogP contribution in [0.5, 0.6) is 0 Å². The van der Waals surface area contributed by atoms with Gasteiger partial charge in [0.1, 0.15) is 0 Å². The van der Waals surface area contributed by atoms with Crippen LogP contribution in [-0.4, -0.2) is 6.29 Å². The Morgan fingerprint density at radius 3 is 2.92 bits per heavy atom. The number of hydrogen-bond donors (Lipinski definition) is 2. The molecule has 0 aliphatic rings. The third-order valence-corrected chi connectivity index (χ3v) is 3.47. The predicted octanol–water partition coefficient (Wildman–Crippen LogP) is 2.58. The van der Waals surface area contributed by atoms with Crippen LogP contribution in [0, 0.1) is 0 Å².